The van der Waals surface area contributed by atoms with Crippen LogP contribution in [0.1, 0.15) is 42.9 Å². The minimum atomic E-state index is -0.761. The summed E-state index contributed by atoms with van der Waals surface area (Å²) < 4.78 is 33.1. The molecule has 1 aliphatic rings. The second-order valence-corrected chi connectivity index (χ2v) is 8.42. The minimum Gasteiger partial charge on any atom is -0.481 e. The van der Waals surface area contributed by atoms with Gasteiger partial charge in [0.05, 0.1) is 5.92 Å². The molecule has 1 heterocycles. The Morgan fingerprint density at radius 1 is 1.09 bits per heavy atom. The van der Waals surface area contributed by atoms with Crippen molar-refractivity contribution in [1.82, 2.24) is 4.90 Å². The highest BCUT2D eigenvalue weighted by Crippen LogP contribution is 2.30. The molecular formula is C27H26F2N2O3. The first-order chi connectivity index (χ1) is 16.3. The molecule has 2 atom stereocenters. The topological polar surface area (TPSA) is 58.6 Å². The van der Waals surface area contributed by atoms with Crippen LogP contribution in [0.3, 0.4) is 0 Å². The van der Waals surface area contributed by atoms with E-state index in [1.807, 2.05) is 37.3 Å². The van der Waals surface area contributed by atoms with Crippen molar-refractivity contribution in [2.45, 2.75) is 45.4 Å². The zero-order chi connectivity index (χ0) is 24.2. The van der Waals surface area contributed by atoms with Gasteiger partial charge >= 0.3 is 0 Å². The van der Waals surface area contributed by atoms with Crippen LogP contribution in [0.25, 0.3) is 0 Å². The van der Waals surface area contributed by atoms with Gasteiger partial charge in [0.1, 0.15) is 17.4 Å². The summed E-state index contributed by atoms with van der Waals surface area (Å²) in [6.07, 6.45) is -0.115. The van der Waals surface area contributed by atoms with E-state index >= 15 is 0 Å². The molecule has 34 heavy (non-hydrogen) atoms. The second kappa shape index (κ2) is 10.0. The molecule has 176 valence electrons. The number of nitrogens with one attached hydrogen (secondary N) is 1. The van der Waals surface area contributed by atoms with Crippen LogP contribution in [0.2, 0.25) is 0 Å². The van der Waals surface area contributed by atoms with Gasteiger partial charge in [-0.25, -0.2) is 8.78 Å². The zero-order valence-electron chi connectivity index (χ0n) is 19.1. The summed E-state index contributed by atoms with van der Waals surface area (Å²) in [5.74, 6) is -1.58. The number of benzene rings is 3. The molecule has 3 aromatic carbocycles. The number of carbonyl (C=O) groups excluding carboxylic acids is 2. The number of hydrogen-bond acceptors (Lipinski definition) is 3. The van der Waals surface area contributed by atoms with Crippen LogP contribution < -0.4 is 10.1 Å². The highest BCUT2D eigenvalue weighted by molar-refractivity contribution is 5.96. The van der Waals surface area contributed by atoms with Crippen molar-refractivity contribution in [3.05, 3.63) is 95.1 Å². The third-order valence-corrected chi connectivity index (χ3v) is 5.87. The molecule has 0 bridgehead atoms. The van der Waals surface area contributed by atoms with Crippen molar-refractivity contribution in [3.8, 4) is 5.75 Å². The maximum Gasteiger partial charge on any atom is 0.263 e. The first-order valence-electron chi connectivity index (χ1n) is 11.2. The van der Waals surface area contributed by atoms with E-state index in [9.17, 15) is 18.4 Å². The Morgan fingerprint density at radius 3 is 2.47 bits per heavy atom. The van der Waals surface area contributed by atoms with E-state index in [0.29, 0.717) is 29.0 Å². The van der Waals surface area contributed by atoms with Crippen molar-refractivity contribution in [2.24, 2.45) is 0 Å². The largest absolute Gasteiger partial charge is 0.481 e. The van der Waals surface area contributed by atoms with Gasteiger partial charge in [-0.3, -0.25) is 9.59 Å². The smallest absolute Gasteiger partial charge is 0.263 e. The van der Waals surface area contributed by atoms with Crippen molar-refractivity contribution < 1.29 is 23.1 Å². The summed E-state index contributed by atoms with van der Waals surface area (Å²) in [5.41, 5.74) is 2.56. The molecule has 0 saturated carbocycles. The number of fused-ring (bicyclic) bond motifs is 1. The highest BCUT2D eigenvalue weighted by atomic mass is 19.1. The van der Waals surface area contributed by atoms with Gasteiger partial charge in [0.25, 0.3) is 5.91 Å². The Hall–Kier alpha value is -3.74. The van der Waals surface area contributed by atoms with E-state index in [1.54, 1.807) is 25.1 Å². The fourth-order valence-electron chi connectivity index (χ4n) is 4.22. The minimum absolute atomic E-state index is 0.0309. The third-order valence-electron chi connectivity index (χ3n) is 5.87. The summed E-state index contributed by atoms with van der Waals surface area (Å²) in [6.45, 7) is 3.81. The number of hydrogen-bond donors (Lipinski definition) is 1. The molecule has 1 N–H and O–H groups in total. The lowest BCUT2D eigenvalue weighted by Gasteiger charge is -2.22. The molecule has 0 unspecified atom stereocenters. The molecule has 1 aliphatic heterocycles. The Bertz CT molecular complexity index is 1180. The van der Waals surface area contributed by atoms with E-state index in [-0.39, 0.29) is 30.8 Å². The lowest BCUT2D eigenvalue weighted by atomic mass is 9.95. The number of anilines is 1. The standard InChI is InChI=1S/C27H26F2N2O3/c1-3-24(19-7-5-4-6-8-19)26(32)30-23-9-10-25-20(13-23)16-31(27(33)17(2)34-25)15-18-11-21(28)14-22(29)12-18/h4-14,17,24H,3,15-16H2,1-2H3,(H,30,32)/t17-,24+/m1/s1. The van der Waals surface area contributed by atoms with Crippen molar-refractivity contribution in [3.63, 3.8) is 0 Å². The van der Waals surface area contributed by atoms with E-state index < -0.39 is 17.7 Å². The van der Waals surface area contributed by atoms with Crippen LogP contribution in [0.5, 0.6) is 5.75 Å². The molecule has 4 rings (SSSR count). The van der Waals surface area contributed by atoms with Gasteiger partial charge in [-0.05, 0) is 54.8 Å². The van der Waals surface area contributed by atoms with Crippen LogP contribution >= 0.6 is 0 Å². The Labute approximate surface area is 197 Å². The maximum absolute atomic E-state index is 13.7. The number of halogens is 2. The van der Waals surface area contributed by atoms with Crippen molar-refractivity contribution in [1.29, 1.82) is 0 Å². The van der Waals surface area contributed by atoms with Crippen molar-refractivity contribution >= 4 is 17.5 Å². The van der Waals surface area contributed by atoms with Crippen LogP contribution in [-0.4, -0.2) is 22.8 Å². The quantitative estimate of drug-likeness (QED) is 0.531. The average molecular weight is 465 g/mol. The lowest BCUT2D eigenvalue weighted by molar-refractivity contribution is -0.138. The molecular weight excluding hydrogens is 438 g/mol. The third kappa shape index (κ3) is 5.25. The van der Waals surface area contributed by atoms with Crippen LogP contribution in [0.4, 0.5) is 14.5 Å². The van der Waals surface area contributed by atoms with E-state index in [0.717, 1.165) is 11.6 Å². The van der Waals surface area contributed by atoms with Crippen LogP contribution in [0, 0.1) is 11.6 Å². The molecule has 3 aromatic rings. The lowest BCUT2D eigenvalue weighted by Crippen LogP contribution is -2.37. The average Bonchev–Trinajstić information content (AvgIpc) is 2.90. The molecule has 0 aromatic heterocycles. The predicted molar refractivity (Wildman–Crippen MR) is 125 cm³/mol. The molecule has 0 radical (unpaired) electrons. The monoisotopic (exact) mass is 464 g/mol. The predicted octanol–water partition coefficient (Wildman–Crippen LogP) is 5.41. The number of carbonyl (C=O) groups is 2. The molecule has 7 heteroatoms. The van der Waals surface area contributed by atoms with Crippen molar-refractivity contribution in [2.75, 3.05) is 5.32 Å². The van der Waals surface area contributed by atoms with Gasteiger partial charge in [-0.1, -0.05) is 37.3 Å². The second-order valence-electron chi connectivity index (χ2n) is 8.42. The van der Waals surface area contributed by atoms with Gasteiger partial charge in [-0.15, -0.1) is 0 Å². The summed E-state index contributed by atoms with van der Waals surface area (Å²) in [7, 11) is 0. The van der Waals surface area contributed by atoms with Gasteiger partial charge < -0.3 is 15.0 Å². The highest BCUT2D eigenvalue weighted by Gasteiger charge is 2.28. The summed E-state index contributed by atoms with van der Waals surface area (Å²) in [6, 6.07) is 18.0. The van der Waals surface area contributed by atoms with Gasteiger partial charge in [0, 0.05) is 30.4 Å². The van der Waals surface area contributed by atoms with Gasteiger partial charge in [0.15, 0.2) is 6.10 Å². The maximum atomic E-state index is 13.7. The SMILES string of the molecule is CC[C@H](C(=O)Nc1ccc2c(c1)CN(Cc1cc(F)cc(F)c1)C(=O)[C@@H](C)O2)c1ccccc1. The normalized spacial score (nSPS) is 16.3. The molecule has 0 saturated heterocycles. The summed E-state index contributed by atoms with van der Waals surface area (Å²) >= 11 is 0. The Balaban J connectivity index is 1.56. The summed E-state index contributed by atoms with van der Waals surface area (Å²) in [5, 5.41) is 2.97. The van der Waals surface area contributed by atoms with E-state index in [2.05, 4.69) is 5.32 Å². The Morgan fingerprint density at radius 2 is 1.79 bits per heavy atom. The fraction of sp³-hybridized carbons (Fsp3) is 0.259. The van der Waals surface area contributed by atoms with Crippen LogP contribution in [0.15, 0.2) is 66.7 Å². The molecule has 5 nitrogen and oxygen atoms in total. The molecule has 0 spiro atoms. The van der Waals surface area contributed by atoms with E-state index in [1.165, 1.54) is 17.0 Å². The Kier molecular flexibility index (Phi) is 6.91. The number of ether oxygens (including phenoxy) is 1. The first kappa shape index (κ1) is 23.4. The molecule has 0 aliphatic carbocycles. The zero-order valence-corrected chi connectivity index (χ0v) is 19.1. The summed E-state index contributed by atoms with van der Waals surface area (Å²) in [4.78, 5) is 27.4. The number of nitrogens with zero attached hydrogens (tertiary/aromatic N) is 1. The number of rotatable bonds is 6. The van der Waals surface area contributed by atoms with Crippen LogP contribution in [-0.2, 0) is 22.7 Å². The number of amides is 2. The van der Waals surface area contributed by atoms with Gasteiger partial charge in [0.2, 0.25) is 5.91 Å². The van der Waals surface area contributed by atoms with Gasteiger partial charge in [-0.2, -0.15) is 0 Å². The molecule has 0 fully saturated rings. The van der Waals surface area contributed by atoms with E-state index in [4.69, 9.17) is 4.74 Å². The first-order valence-corrected chi connectivity index (χ1v) is 11.2. The fourth-order valence-corrected chi connectivity index (χ4v) is 4.22. The molecule has 2 amide bonds.